The predicted molar refractivity (Wildman–Crippen MR) is 79.5 cm³/mol. The lowest BCUT2D eigenvalue weighted by Crippen LogP contribution is -2.00. The van der Waals surface area contributed by atoms with Crippen molar-refractivity contribution in [3.05, 3.63) is 40.8 Å². The van der Waals surface area contributed by atoms with E-state index in [4.69, 9.17) is 4.74 Å². The summed E-state index contributed by atoms with van der Waals surface area (Å²) in [6.45, 7) is 4.47. The molecule has 0 aliphatic heterocycles. The Kier molecular flexibility index (Phi) is 5.12. The van der Waals surface area contributed by atoms with E-state index in [2.05, 4.69) is 0 Å². The Bertz CT molecular complexity index is 578. The molecule has 4 heteroatoms. The fourth-order valence-corrected chi connectivity index (χ4v) is 2.84. The van der Waals surface area contributed by atoms with Crippen LogP contribution in [0, 0.1) is 11.6 Å². The van der Waals surface area contributed by atoms with Crippen LogP contribution in [0.4, 0.5) is 8.78 Å². The average molecular weight is 296 g/mol. The Balaban J connectivity index is 2.26. The van der Waals surface area contributed by atoms with Crippen LogP contribution in [0.1, 0.15) is 31.6 Å². The van der Waals surface area contributed by atoms with Gasteiger partial charge in [0.15, 0.2) is 11.6 Å². The van der Waals surface area contributed by atoms with Gasteiger partial charge in [0.2, 0.25) is 5.82 Å². The number of ether oxygens (including phenoxy) is 1. The summed E-state index contributed by atoms with van der Waals surface area (Å²) < 4.78 is 33.4. The number of thiophene rings is 1. The van der Waals surface area contributed by atoms with Crippen molar-refractivity contribution in [2.45, 2.75) is 33.1 Å². The molecule has 20 heavy (non-hydrogen) atoms. The molecule has 0 saturated heterocycles. The summed E-state index contributed by atoms with van der Waals surface area (Å²) in [5.41, 5.74) is 0.301. The smallest absolute Gasteiger partial charge is 0.201 e. The summed E-state index contributed by atoms with van der Waals surface area (Å²) in [6.07, 6.45) is 2.68. The van der Waals surface area contributed by atoms with E-state index in [1.807, 2.05) is 26.0 Å². The molecule has 1 heterocycles. The van der Waals surface area contributed by atoms with Crippen LogP contribution < -0.4 is 4.74 Å². The van der Waals surface area contributed by atoms with Gasteiger partial charge in [0, 0.05) is 15.3 Å². The predicted octanol–water partition coefficient (Wildman–Crippen LogP) is 5.43. The largest absolute Gasteiger partial charge is 0.490 e. The van der Waals surface area contributed by atoms with Crippen molar-refractivity contribution in [3.8, 4) is 16.2 Å². The second kappa shape index (κ2) is 6.84. The second-order valence-corrected chi connectivity index (χ2v) is 5.73. The van der Waals surface area contributed by atoms with Crippen molar-refractivity contribution in [2.75, 3.05) is 6.61 Å². The molecule has 0 spiro atoms. The fraction of sp³-hybridized carbons (Fsp3) is 0.375. The van der Waals surface area contributed by atoms with Gasteiger partial charge < -0.3 is 4.74 Å². The van der Waals surface area contributed by atoms with Crippen LogP contribution in [-0.4, -0.2) is 6.61 Å². The summed E-state index contributed by atoms with van der Waals surface area (Å²) >= 11 is 1.49. The number of hydrogen-bond acceptors (Lipinski definition) is 2. The monoisotopic (exact) mass is 296 g/mol. The third-order valence-electron chi connectivity index (χ3n) is 3.08. The van der Waals surface area contributed by atoms with Crippen molar-refractivity contribution in [1.82, 2.24) is 0 Å². The van der Waals surface area contributed by atoms with Crippen LogP contribution in [0.5, 0.6) is 5.75 Å². The van der Waals surface area contributed by atoms with Crippen LogP contribution in [0.25, 0.3) is 10.4 Å². The number of rotatable bonds is 6. The zero-order valence-corrected chi connectivity index (χ0v) is 12.5. The minimum atomic E-state index is -0.898. The number of halogens is 2. The van der Waals surface area contributed by atoms with E-state index < -0.39 is 11.6 Å². The van der Waals surface area contributed by atoms with Crippen molar-refractivity contribution in [2.24, 2.45) is 0 Å². The van der Waals surface area contributed by atoms with Gasteiger partial charge in [-0.05, 0) is 37.1 Å². The maximum atomic E-state index is 14.1. The van der Waals surface area contributed by atoms with Gasteiger partial charge in [0.1, 0.15) is 0 Å². The van der Waals surface area contributed by atoms with Crippen LogP contribution in [-0.2, 0) is 6.42 Å². The minimum Gasteiger partial charge on any atom is -0.490 e. The number of aryl methyl sites for hydroxylation is 1. The molecule has 0 atom stereocenters. The number of unbranched alkanes of at least 4 members (excludes halogenated alkanes) is 1. The van der Waals surface area contributed by atoms with Gasteiger partial charge in [-0.2, -0.15) is 4.39 Å². The lowest BCUT2D eigenvalue weighted by atomic mass is 10.1. The highest BCUT2D eigenvalue weighted by atomic mass is 32.1. The maximum absolute atomic E-state index is 14.1. The van der Waals surface area contributed by atoms with Gasteiger partial charge in [-0.15, -0.1) is 11.3 Å². The van der Waals surface area contributed by atoms with E-state index in [9.17, 15) is 8.78 Å². The first kappa shape index (κ1) is 15.0. The number of benzene rings is 1. The fourth-order valence-electron chi connectivity index (χ4n) is 1.87. The van der Waals surface area contributed by atoms with Crippen LogP contribution >= 0.6 is 11.3 Å². The first-order chi connectivity index (χ1) is 9.67. The first-order valence-corrected chi connectivity index (χ1v) is 7.68. The van der Waals surface area contributed by atoms with Gasteiger partial charge in [-0.25, -0.2) is 4.39 Å². The molecular weight excluding hydrogens is 278 g/mol. The topological polar surface area (TPSA) is 9.23 Å². The van der Waals surface area contributed by atoms with Crippen LogP contribution in [0.2, 0.25) is 0 Å². The van der Waals surface area contributed by atoms with Crippen LogP contribution in [0.15, 0.2) is 24.3 Å². The van der Waals surface area contributed by atoms with Crippen molar-refractivity contribution >= 4 is 11.3 Å². The molecule has 0 saturated carbocycles. The lowest BCUT2D eigenvalue weighted by molar-refractivity contribution is 0.289. The summed E-state index contributed by atoms with van der Waals surface area (Å²) in [5.74, 6) is -1.74. The lowest BCUT2D eigenvalue weighted by Gasteiger charge is -2.09. The maximum Gasteiger partial charge on any atom is 0.201 e. The van der Waals surface area contributed by atoms with Gasteiger partial charge in [0.25, 0.3) is 0 Å². The zero-order valence-electron chi connectivity index (χ0n) is 11.7. The summed E-state index contributed by atoms with van der Waals surface area (Å²) in [7, 11) is 0. The third-order valence-corrected chi connectivity index (χ3v) is 4.34. The van der Waals surface area contributed by atoms with E-state index in [-0.39, 0.29) is 5.75 Å². The molecule has 0 radical (unpaired) electrons. The van der Waals surface area contributed by atoms with Gasteiger partial charge in [-0.3, -0.25) is 0 Å². The molecule has 0 N–H and O–H groups in total. The highest BCUT2D eigenvalue weighted by Gasteiger charge is 2.16. The van der Waals surface area contributed by atoms with Crippen molar-refractivity contribution in [3.63, 3.8) is 0 Å². The zero-order chi connectivity index (χ0) is 14.5. The highest BCUT2D eigenvalue weighted by molar-refractivity contribution is 7.15. The summed E-state index contributed by atoms with van der Waals surface area (Å²) in [4.78, 5) is 1.90. The van der Waals surface area contributed by atoms with E-state index in [0.717, 1.165) is 29.0 Å². The summed E-state index contributed by atoms with van der Waals surface area (Å²) in [5, 5.41) is 0. The Hall–Kier alpha value is -1.42. The Morgan fingerprint density at radius 3 is 2.50 bits per heavy atom. The molecule has 1 nitrogen and oxygen atoms in total. The third kappa shape index (κ3) is 3.18. The van der Waals surface area contributed by atoms with E-state index in [1.165, 1.54) is 17.4 Å². The molecule has 0 bridgehead atoms. The Morgan fingerprint density at radius 2 is 1.85 bits per heavy atom. The van der Waals surface area contributed by atoms with Crippen molar-refractivity contribution < 1.29 is 13.5 Å². The molecule has 0 aliphatic rings. The van der Waals surface area contributed by atoms with E-state index in [0.29, 0.717) is 12.2 Å². The van der Waals surface area contributed by atoms with Gasteiger partial charge >= 0.3 is 0 Å². The second-order valence-electron chi connectivity index (χ2n) is 4.56. The Labute approximate surface area is 122 Å². The van der Waals surface area contributed by atoms with Crippen molar-refractivity contribution in [1.29, 1.82) is 0 Å². The molecule has 108 valence electrons. The molecule has 0 fully saturated rings. The highest BCUT2D eigenvalue weighted by Crippen LogP contribution is 2.34. The van der Waals surface area contributed by atoms with Gasteiger partial charge in [0.05, 0.1) is 6.61 Å². The molecule has 0 amide bonds. The standard InChI is InChI=1S/C16H18F2OS/c1-3-5-10-19-13-8-7-12(15(17)16(13)18)14-9-6-11(4-2)20-14/h6-9H,3-5,10H2,1-2H3. The molecule has 1 aromatic carbocycles. The minimum absolute atomic E-state index is 0.00743. The molecule has 2 rings (SSSR count). The Morgan fingerprint density at radius 1 is 1.05 bits per heavy atom. The summed E-state index contributed by atoms with van der Waals surface area (Å²) in [6, 6.07) is 6.88. The molecular formula is C16H18F2OS. The molecule has 0 aliphatic carbocycles. The van der Waals surface area contributed by atoms with E-state index in [1.54, 1.807) is 6.07 Å². The molecule has 2 aromatic rings. The first-order valence-electron chi connectivity index (χ1n) is 6.87. The van der Waals surface area contributed by atoms with Gasteiger partial charge in [-0.1, -0.05) is 20.3 Å². The average Bonchev–Trinajstić information content (AvgIpc) is 2.92. The van der Waals surface area contributed by atoms with E-state index >= 15 is 0 Å². The van der Waals surface area contributed by atoms with Crippen LogP contribution in [0.3, 0.4) is 0 Å². The number of hydrogen-bond donors (Lipinski definition) is 0. The molecule has 1 aromatic heterocycles. The normalized spacial score (nSPS) is 10.8. The molecule has 0 unspecified atom stereocenters. The quantitative estimate of drug-likeness (QED) is 0.645. The SMILES string of the molecule is CCCCOc1ccc(-c2ccc(CC)s2)c(F)c1F.